The van der Waals surface area contributed by atoms with Gasteiger partial charge < -0.3 is 9.73 Å². The van der Waals surface area contributed by atoms with Gasteiger partial charge in [0.2, 0.25) is 0 Å². The Kier molecular flexibility index (Phi) is 6.65. The Morgan fingerprint density at radius 3 is 2.65 bits per heavy atom. The second-order valence-electron chi connectivity index (χ2n) is 6.42. The van der Waals surface area contributed by atoms with Crippen LogP contribution in [0, 0.1) is 11.8 Å². The first-order valence-corrected chi connectivity index (χ1v) is 8.57. The van der Waals surface area contributed by atoms with Crippen LogP contribution >= 0.6 is 0 Å². The molecule has 0 aromatic carbocycles. The van der Waals surface area contributed by atoms with E-state index >= 15 is 0 Å². The van der Waals surface area contributed by atoms with Gasteiger partial charge in [0, 0.05) is 6.04 Å². The molecule has 1 fully saturated rings. The van der Waals surface area contributed by atoms with Crippen molar-refractivity contribution in [3.05, 3.63) is 24.2 Å². The molecule has 0 spiro atoms. The van der Waals surface area contributed by atoms with Crippen LogP contribution in [-0.2, 0) is 6.42 Å². The second-order valence-corrected chi connectivity index (χ2v) is 6.42. The quantitative estimate of drug-likeness (QED) is 0.738. The molecule has 1 atom stereocenters. The van der Waals surface area contributed by atoms with E-state index in [9.17, 15) is 0 Å². The maximum atomic E-state index is 5.21. The van der Waals surface area contributed by atoms with E-state index in [4.69, 9.17) is 4.42 Å². The fourth-order valence-corrected chi connectivity index (χ4v) is 3.70. The highest BCUT2D eigenvalue weighted by Crippen LogP contribution is 2.34. The summed E-state index contributed by atoms with van der Waals surface area (Å²) in [6.07, 6.45) is 14.7. The number of nitrogens with one attached hydrogen (secondary N) is 1. The summed E-state index contributed by atoms with van der Waals surface area (Å²) >= 11 is 0. The molecule has 2 heteroatoms. The van der Waals surface area contributed by atoms with Gasteiger partial charge in [0.1, 0.15) is 0 Å². The van der Waals surface area contributed by atoms with Crippen molar-refractivity contribution in [3.63, 3.8) is 0 Å². The fraction of sp³-hybridized carbons (Fsp3) is 0.778. The average molecular weight is 277 g/mol. The maximum Gasteiger partial charge on any atom is 0.0935 e. The highest BCUT2D eigenvalue weighted by Gasteiger charge is 2.27. The number of likely N-dealkylation sites (N-methyl/N-ethyl adjacent to an activating group) is 1. The monoisotopic (exact) mass is 277 g/mol. The molecule has 1 N–H and O–H groups in total. The molecule has 1 saturated carbocycles. The van der Waals surface area contributed by atoms with Crippen LogP contribution in [0.3, 0.4) is 0 Å². The van der Waals surface area contributed by atoms with Crippen molar-refractivity contribution >= 4 is 0 Å². The van der Waals surface area contributed by atoms with Crippen LogP contribution in [0.15, 0.2) is 23.0 Å². The first kappa shape index (κ1) is 15.6. The third-order valence-electron chi connectivity index (χ3n) is 4.93. The number of hydrogen-bond donors (Lipinski definition) is 1. The molecule has 114 valence electrons. The number of unbranched alkanes of at least 4 members (excludes halogenated alkanes) is 1. The SMILES string of the molecule is CCCCC1CCC(C(Cc2ccoc2)NCC)CC1. The molecule has 2 rings (SSSR count). The van der Waals surface area contributed by atoms with E-state index in [1.165, 1.54) is 50.5 Å². The third kappa shape index (κ3) is 4.66. The molecular weight excluding hydrogens is 246 g/mol. The number of furan rings is 1. The normalized spacial score (nSPS) is 24.7. The summed E-state index contributed by atoms with van der Waals surface area (Å²) in [7, 11) is 0. The van der Waals surface area contributed by atoms with Crippen molar-refractivity contribution in [2.75, 3.05) is 6.54 Å². The minimum atomic E-state index is 0.629. The maximum absolute atomic E-state index is 5.21. The first-order valence-electron chi connectivity index (χ1n) is 8.57. The number of hydrogen-bond acceptors (Lipinski definition) is 2. The second kappa shape index (κ2) is 8.51. The van der Waals surface area contributed by atoms with E-state index in [0.29, 0.717) is 6.04 Å². The lowest BCUT2D eigenvalue weighted by Gasteiger charge is -2.34. The molecule has 1 aromatic rings. The molecule has 0 bridgehead atoms. The summed E-state index contributed by atoms with van der Waals surface area (Å²) in [5.41, 5.74) is 1.34. The fourth-order valence-electron chi connectivity index (χ4n) is 3.70. The van der Waals surface area contributed by atoms with Gasteiger partial charge in [-0.05, 0) is 49.3 Å². The molecule has 0 radical (unpaired) electrons. The smallest absolute Gasteiger partial charge is 0.0935 e. The molecule has 0 amide bonds. The van der Waals surface area contributed by atoms with E-state index in [1.807, 2.05) is 6.26 Å². The van der Waals surface area contributed by atoms with Crippen LogP contribution in [0.2, 0.25) is 0 Å². The van der Waals surface area contributed by atoms with E-state index in [2.05, 4.69) is 25.2 Å². The molecule has 0 aliphatic heterocycles. The van der Waals surface area contributed by atoms with Gasteiger partial charge in [0.25, 0.3) is 0 Å². The minimum Gasteiger partial charge on any atom is -0.472 e. The van der Waals surface area contributed by atoms with Crippen LogP contribution in [0.25, 0.3) is 0 Å². The van der Waals surface area contributed by atoms with Crippen molar-refractivity contribution < 1.29 is 4.42 Å². The summed E-state index contributed by atoms with van der Waals surface area (Å²) in [6.45, 7) is 5.59. The Hall–Kier alpha value is -0.760. The largest absolute Gasteiger partial charge is 0.472 e. The lowest BCUT2D eigenvalue weighted by Crippen LogP contribution is -2.39. The lowest BCUT2D eigenvalue weighted by molar-refractivity contribution is 0.212. The molecule has 1 aliphatic rings. The zero-order valence-electron chi connectivity index (χ0n) is 13.2. The van der Waals surface area contributed by atoms with Gasteiger partial charge in [-0.3, -0.25) is 0 Å². The molecular formula is C18H31NO. The average Bonchev–Trinajstić information content (AvgIpc) is 2.98. The molecule has 1 aromatic heterocycles. The van der Waals surface area contributed by atoms with Crippen molar-refractivity contribution in [1.82, 2.24) is 5.32 Å². The minimum absolute atomic E-state index is 0.629. The molecule has 1 unspecified atom stereocenters. The van der Waals surface area contributed by atoms with Crippen LogP contribution in [-0.4, -0.2) is 12.6 Å². The van der Waals surface area contributed by atoms with Crippen molar-refractivity contribution in [3.8, 4) is 0 Å². The Bertz CT molecular complexity index is 338. The van der Waals surface area contributed by atoms with Gasteiger partial charge in [0.15, 0.2) is 0 Å². The standard InChI is InChI=1S/C18H31NO/c1-3-5-6-15-7-9-17(10-8-15)18(19-4-2)13-16-11-12-20-14-16/h11-12,14-15,17-19H,3-10,13H2,1-2H3. The summed E-state index contributed by atoms with van der Waals surface area (Å²) in [6, 6.07) is 2.74. The Morgan fingerprint density at radius 2 is 2.05 bits per heavy atom. The zero-order valence-corrected chi connectivity index (χ0v) is 13.2. The van der Waals surface area contributed by atoms with Crippen LogP contribution in [0.5, 0.6) is 0 Å². The van der Waals surface area contributed by atoms with Crippen molar-refractivity contribution in [1.29, 1.82) is 0 Å². The Morgan fingerprint density at radius 1 is 1.25 bits per heavy atom. The van der Waals surface area contributed by atoms with Gasteiger partial charge >= 0.3 is 0 Å². The van der Waals surface area contributed by atoms with E-state index in [0.717, 1.165) is 24.8 Å². The Labute approximate surface area is 124 Å². The van der Waals surface area contributed by atoms with Crippen LogP contribution in [0.1, 0.15) is 64.4 Å². The molecule has 1 aliphatic carbocycles. The van der Waals surface area contributed by atoms with Crippen LogP contribution in [0.4, 0.5) is 0 Å². The third-order valence-corrected chi connectivity index (χ3v) is 4.93. The van der Waals surface area contributed by atoms with Gasteiger partial charge in [-0.1, -0.05) is 46.0 Å². The van der Waals surface area contributed by atoms with E-state index in [1.54, 1.807) is 6.26 Å². The zero-order chi connectivity index (χ0) is 14.2. The van der Waals surface area contributed by atoms with Gasteiger partial charge in [-0.25, -0.2) is 0 Å². The van der Waals surface area contributed by atoms with Gasteiger partial charge in [0.05, 0.1) is 12.5 Å². The molecule has 0 saturated heterocycles. The summed E-state index contributed by atoms with van der Waals surface area (Å²) in [5.74, 6) is 1.85. The topological polar surface area (TPSA) is 25.2 Å². The first-order chi connectivity index (χ1) is 9.83. The van der Waals surface area contributed by atoms with Gasteiger partial charge in [-0.2, -0.15) is 0 Å². The Balaban J connectivity index is 1.81. The molecule has 2 nitrogen and oxygen atoms in total. The van der Waals surface area contributed by atoms with Crippen molar-refractivity contribution in [2.45, 2.75) is 71.3 Å². The molecule has 1 heterocycles. The predicted molar refractivity (Wildman–Crippen MR) is 84.8 cm³/mol. The van der Waals surface area contributed by atoms with E-state index in [-0.39, 0.29) is 0 Å². The summed E-state index contributed by atoms with van der Waals surface area (Å²) in [5, 5.41) is 3.71. The van der Waals surface area contributed by atoms with Crippen molar-refractivity contribution in [2.24, 2.45) is 11.8 Å². The summed E-state index contributed by atoms with van der Waals surface area (Å²) in [4.78, 5) is 0. The highest BCUT2D eigenvalue weighted by atomic mass is 16.3. The van der Waals surface area contributed by atoms with Crippen LogP contribution < -0.4 is 5.32 Å². The van der Waals surface area contributed by atoms with E-state index < -0.39 is 0 Å². The number of rotatable bonds is 8. The lowest BCUT2D eigenvalue weighted by atomic mass is 9.76. The summed E-state index contributed by atoms with van der Waals surface area (Å²) < 4.78 is 5.21. The predicted octanol–water partition coefficient (Wildman–Crippen LogP) is 4.80. The molecule has 20 heavy (non-hydrogen) atoms. The highest BCUT2D eigenvalue weighted by molar-refractivity contribution is 5.08. The van der Waals surface area contributed by atoms with Gasteiger partial charge in [-0.15, -0.1) is 0 Å².